The van der Waals surface area contributed by atoms with E-state index in [1.165, 1.54) is 22.2 Å². The average Bonchev–Trinajstić information content (AvgIpc) is 2.44. The highest BCUT2D eigenvalue weighted by Gasteiger charge is 2.25. The van der Waals surface area contributed by atoms with E-state index in [-0.39, 0.29) is 10.8 Å². The number of anilines is 1. The molecule has 14 heavy (non-hydrogen) atoms. The Hall–Kier alpha value is -1.08. The predicted molar refractivity (Wildman–Crippen MR) is 53.1 cm³/mol. The smallest absolute Gasteiger partial charge is 0.262 e. The highest BCUT2D eigenvalue weighted by Crippen LogP contribution is 2.18. The van der Waals surface area contributed by atoms with Gasteiger partial charge in [-0.25, -0.2) is 13.4 Å². The Labute approximate surface area is 83.4 Å². The van der Waals surface area contributed by atoms with Gasteiger partial charge in [-0.05, 0) is 0 Å². The Bertz CT molecular complexity index is 403. The maximum absolute atomic E-state index is 11.9. The molecule has 0 saturated heterocycles. The number of nitrogens with zero attached hydrogens (tertiary/aromatic N) is 3. The average molecular weight is 218 g/mol. The van der Waals surface area contributed by atoms with Crippen LogP contribution < -0.4 is 5.73 Å². The van der Waals surface area contributed by atoms with Crippen LogP contribution in [0.3, 0.4) is 0 Å². The van der Waals surface area contributed by atoms with Crippen molar-refractivity contribution in [3.8, 4) is 0 Å². The van der Waals surface area contributed by atoms with Crippen molar-refractivity contribution < 1.29 is 8.42 Å². The third-order valence-corrected chi connectivity index (χ3v) is 4.07. The fourth-order valence-electron chi connectivity index (χ4n) is 1.07. The predicted octanol–water partition coefficient (Wildman–Crippen LogP) is -0.357. The van der Waals surface area contributed by atoms with E-state index in [4.69, 9.17) is 5.73 Å². The van der Waals surface area contributed by atoms with Crippen LogP contribution in [0.4, 0.5) is 5.82 Å². The van der Waals surface area contributed by atoms with Crippen LogP contribution in [0.25, 0.3) is 0 Å². The third-order valence-electron chi connectivity index (χ3n) is 2.01. The molecule has 0 unspecified atom stereocenters. The highest BCUT2D eigenvalue weighted by molar-refractivity contribution is 7.89. The van der Waals surface area contributed by atoms with Crippen molar-refractivity contribution in [2.24, 2.45) is 7.05 Å². The summed E-state index contributed by atoms with van der Waals surface area (Å²) in [6.45, 7) is 2.15. The molecule has 0 aliphatic rings. The molecule has 0 aliphatic heterocycles. The first-order valence-electron chi connectivity index (χ1n) is 4.14. The Morgan fingerprint density at radius 3 is 2.57 bits per heavy atom. The summed E-state index contributed by atoms with van der Waals surface area (Å²) < 4.78 is 26.3. The molecule has 1 heterocycles. The van der Waals surface area contributed by atoms with Gasteiger partial charge in [0, 0.05) is 20.6 Å². The molecule has 1 aromatic heterocycles. The molecular weight excluding hydrogens is 204 g/mol. The summed E-state index contributed by atoms with van der Waals surface area (Å²) in [6.07, 6.45) is 1.38. The SMILES string of the molecule is CCN(C)S(=O)(=O)c1c(N)ncn1C. The molecule has 0 aromatic carbocycles. The van der Waals surface area contributed by atoms with Crippen LogP contribution in [0.2, 0.25) is 0 Å². The number of nitrogen functional groups attached to an aromatic ring is 1. The maximum Gasteiger partial charge on any atom is 0.262 e. The molecule has 1 aromatic rings. The normalized spacial score (nSPS) is 12.3. The van der Waals surface area contributed by atoms with Gasteiger partial charge in [0.05, 0.1) is 6.33 Å². The highest BCUT2D eigenvalue weighted by atomic mass is 32.2. The number of sulfonamides is 1. The van der Waals surface area contributed by atoms with Crippen molar-refractivity contribution in [1.29, 1.82) is 0 Å². The first-order valence-corrected chi connectivity index (χ1v) is 5.58. The molecule has 0 spiro atoms. The zero-order valence-corrected chi connectivity index (χ0v) is 9.24. The number of hydrogen-bond acceptors (Lipinski definition) is 4. The van der Waals surface area contributed by atoms with Crippen LogP contribution in [-0.2, 0) is 17.1 Å². The van der Waals surface area contributed by atoms with E-state index in [2.05, 4.69) is 4.98 Å². The van der Waals surface area contributed by atoms with Gasteiger partial charge in [0.25, 0.3) is 10.0 Å². The molecule has 7 heteroatoms. The number of imidazole rings is 1. The molecule has 6 nitrogen and oxygen atoms in total. The van der Waals surface area contributed by atoms with Crippen molar-refractivity contribution in [3.63, 3.8) is 0 Å². The standard InChI is InChI=1S/C7H14N4O2S/c1-4-11(3)14(12,13)7-6(8)9-5-10(7)2/h5H,4,8H2,1-3H3. The van der Waals surface area contributed by atoms with Gasteiger partial charge in [0.2, 0.25) is 0 Å². The maximum atomic E-state index is 11.9. The molecular formula is C7H14N4O2S. The summed E-state index contributed by atoms with van der Waals surface area (Å²) in [6, 6.07) is 0. The Kier molecular flexibility index (Phi) is 2.81. The number of aryl methyl sites for hydroxylation is 1. The van der Waals surface area contributed by atoms with Crippen LogP contribution in [-0.4, -0.2) is 35.9 Å². The quantitative estimate of drug-likeness (QED) is 0.751. The van der Waals surface area contributed by atoms with Gasteiger partial charge < -0.3 is 10.3 Å². The topological polar surface area (TPSA) is 81.2 Å². The molecule has 0 aliphatic carbocycles. The van der Waals surface area contributed by atoms with E-state index in [0.717, 1.165) is 0 Å². The van der Waals surface area contributed by atoms with Crippen LogP contribution >= 0.6 is 0 Å². The Balaban J connectivity index is 3.30. The fraction of sp³-hybridized carbons (Fsp3) is 0.571. The van der Waals surface area contributed by atoms with Crippen LogP contribution in [0.5, 0.6) is 0 Å². The Morgan fingerprint density at radius 2 is 2.21 bits per heavy atom. The fourth-order valence-corrected chi connectivity index (χ4v) is 2.43. The van der Waals surface area contributed by atoms with E-state index in [9.17, 15) is 8.42 Å². The molecule has 2 N–H and O–H groups in total. The van der Waals surface area contributed by atoms with Gasteiger partial charge in [-0.2, -0.15) is 4.31 Å². The van der Waals surface area contributed by atoms with Crippen molar-refractivity contribution in [3.05, 3.63) is 6.33 Å². The second-order valence-corrected chi connectivity index (χ2v) is 4.93. The molecule has 0 amide bonds. The van der Waals surface area contributed by atoms with Crippen LogP contribution in [0.15, 0.2) is 11.4 Å². The van der Waals surface area contributed by atoms with Crippen molar-refractivity contribution >= 4 is 15.8 Å². The number of nitrogens with two attached hydrogens (primary N) is 1. The summed E-state index contributed by atoms with van der Waals surface area (Å²) in [4.78, 5) is 3.73. The molecule has 0 saturated carbocycles. The van der Waals surface area contributed by atoms with Gasteiger partial charge >= 0.3 is 0 Å². The summed E-state index contributed by atoms with van der Waals surface area (Å²) in [5.41, 5.74) is 5.48. The van der Waals surface area contributed by atoms with E-state index in [0.29, 0.717) is 6.54 Å². The van der Waals surface area contributed by atoms with Gasteiger partial charge in [-0.15, -0.1) is 0 Å². The van der Waals surface area contributed by atoms with Gasteiger partial charge in [0.1, 0.15) is 0 Å². The zero-order valence-electron chi connectivity index (χ0n) is 8.43. The molecule has 80 valence electrons. The number of rotatable bonds is 3. The van der Waals surface area contributed by atoms with E-state index in [1.807, 2.05) is 0 Å². The molecule has 0 radical (unpaired) electrons. The van der Waals surface area contributed by atoms with E-state index >= 15 is 0 Å². The zero-order chi connectivity index (χ0) is 10.9. The first-order chi connectivity index (χ1) is 6.41. The number of aromatic nitrogens is 2. The van der Waals surface area contributed by atoms with E-state index < -0.39 is 10.0 Å². The lowest BCUT2D eigenvalue weighted by Crippen LogP contribution is -2.28. The largest absolute Gasteiger partial charge is 0.381 e. The van der Waals surface area contributed by atoms with Gasteiger partial charge in [0.15, 0.2) is 10.8 Å². The third kappa shape index (κ3) is 1.60. The van der Waals surface area contributed by atoms with Crippen molar-refractivity contribution in [2.75, 3.05) is 19.3 Å². The van der Waals surface area contributed by atoms with Crippen molar-refractivity contribution in [2.45, 2.75) is 11.9 Å². The van der Waals surface area contributed by atoms with Gasteiger partial charge in [-0.1, -0.05) is 6.92 Å². The molecule has 0 fully saturated rings. The van der Waals surface area contributed by atoms with Crippen LogP contribution in [0, 0.1) is 0 Å². The first kappa shape index (κ1) is 11.0. The lowest BCUT2D eigenvalue weighted by atomic mass is 10.8. The summed E-state index contributed by atoms with van der Waals surface area (Å²) >= 11 is 0. The second kappa shape index (κ2) is 3.58. The summed E-state index contributed by atoms with van der Waals surface area (Å²) in [5, 5.41) is 0.0434. The lowest BCUT2D eigenvalue weighted by molar-refractivity contribution is 0.479. The lowest BCUT2D eigenvalue weighted by Gasteiger charge is -2.14. The summed E-state index contributed by atoms with van der Waals surface area (Å²) in [7, 11) is -0.400. The molecule has 0 atom stereocenters. The summed E-state index contributed by atoms with van der Waals surface area (Å²) in [5.74, 6) is 0.0350. The van der Waals surface area contributed by atoms with Crippen LogP contribution in [0.1, 0.15) is 6.92 Å². The minimum absolute atomic E-state index is 0.0350. The minimum Gasteiger partial charge on any atom is -0.381 e. The van der Waals surface area contributed by atoms with Crippen molar-refractivity contribution in [1.82, 2.24) is 13.9 Å². The van der Waals surface area contributed by atoms with E-state index in [1.54, 1.807) is 14.0 Å². The molecule has 1 rings (SSSR count). The monoisotopic (exact) mass is 218 g/mol. The molecule has 0 bridgehead atoms. The van der Waals surface area contributed by atoms with Gasteiger partial charge in [-0.3, -0.25) is 0 Å². The second-order valence-electron chi connectivity index (χ2n) is 2.97. The number of hydrogen-bond donors (Lipinski definition) is 1. The minimum atomic E-state index is -3.50. The Morgan fingerprint density at radius 1 is 1.64 bits per heavy atom.